The number of amides is 1. The summed E-state index contributed by atoms with van der Waals surface area (Å²) in [4.78, 5) is 26.7. The predicted molar refractivity (Wildman–Crippen MR) is 108 cm³/mol. The van der Waals surface area contributed by atoms with Crippen molar-refractivity contribution in [2.75, 3.05) is 10.6 Å². The average Bonchev–Trinajstić information content (AvgIpc) is 3.11. The summed E-state index contributed by atoms with van der Waals surface area (Å²) < 4.78 is 0. The molecule has 1 amide bonds. The molecule has 1 aromatic heterocycles. The number of benzene rings is 2. The highest BCUT2D eigenvalue weighted by atomic mass is 35.5. The van der Waals surface area contributed by atoms with E-state index in [0.717, 1.165) is 22.1 Å². The lowest BCUT2D eigenvalue weighted by molar-refractivity contribution is -0.138. The van der Waals surface area contributed by atoms with Gasteiger partial charge in [0.15, 0.2) is 5.13 Å². The van der Waals surface area contributed by atoms with Gasteiger partial charge in [-0.3, -0.25) is 9.59 Å². The summed E-state index contributed by atoms with van der Waals surface area (Å²) in [5.41, 5.74) is 3.25. The molecule has 0 atom stereocenters. The number of hydrogen-bond acceptors (Lipinski definition) is 5. The number of anilines is 3. The van der Waals surface area contributed by atoms with Crippen molar-refractivity contribution >= 4 is 51.3 Å². The van der Waals surface area contributed by atoms with Crippen LogP contribution in [0.25, 0.3) is 11.3 Å². The Morgan fingerprint density at radius 2 is 1.67 bits per heavy atom. The van der Waals surface area contributed by atoms with Crippen molar-refractivity contribution in [3.63, 3.8) is 0 Å². The molecule has 0 saturated heterocycles. The molecule has 27 heavy (non-hydrogen) atoms. The van der Waals surface area contributed by atoms with E-state index in [0.29, 0.717) is 10.7 Å². The summed E-state index contributed by atoms with van der Waals surface area (Å²) in [7, 11) is 0. The summed E-state index contributed by atoms with van der Waals surface area (Å²) in [5.74, 6) is -1.32. The fourth-order valence-electron chi connectivity index (χ4n) is 2.29. The lowest BCUT2D eigenvalue weighted by Gasteiger charge is -2.05. The number of carboxylic acids is 1. The van der Waals surface area contributed by atoms with Gasteiger partial charge in [-0.1, -0.05) is 23.7 Å². The molecule has 0 unspecified atom stereocenters. The number of halogens is 1. The molecular weight excluding hydrogens is 386 g/mol. The van der Waals surface area contributed by atoms with Crippen LogP contribution in [0, 0.1) is 0 Å². The summed E-state index contributed by atoms with van der Waals surface area (Å²) in [6.45, 7) is 0. The Labute approximate surface area is 164 Å². The standard InChI is InChI=1S/C19H16ClN3O3S/c20-13-3-7-15(8-4-13)22-19-23-16(11-27-19)12-1-5-14(6-2-12)21-17(24)9-10-18(25)26/h1-8,11H,9-10H2,(H,21,24)(H,22,23)(H,25,26). The molecule has 0 aliphatic carbocycles. The molecule has 0 aliphatic heterocycles. The predicted octanol–water partition coefficient (Wildman–Crippen LogP) is 5.01. The highest BCUT2D eigenvalue weighted by Gasteiger charge is 2.08. The molecule has 0 saturated carbocycles. The van der Waals surface area contributed by atoms with Crippen LogP contribution in [0.1, 0.15) is 12.8 Å². The van der Waals surface area contributed by atoms with E-state index in [1.807, 2.05) is 41.8 Å². The molecule has 3 rings (SSSR count). The largest absolute Gasteiger partial charge is 0.481 e. The molecule has 0 radical (unpaired) electrons. The highest BCUT2D eigenvalue weighted by Crippen LogP contribution is 2.28. The van der Waals surface area contributed by atoms with Gasteiger partial charge in [-0.25, -0.2) is 4.98 Å². The number of carboxylic acid groups (broad SMARTS) is 1. The molecule has 1 heterocycles. The summed E-state index contributed by atoms with van der Waals surface area (Å²) in [6, 6.07) is 14.6. The third-order valence-electron chi connectivity index (χ3n) is 3.63. The zero-order valence-corrected chi connectivity index (χ0v) is 15.7. The molecule has 0 fully saturated rings. The van der Waals surface area contributed by atoms with Crippen LogP contribution in [0.4, 0.5) is 16.5 Å². The Hall–Kier alpha value is -2.90. The molecule has 0 bridgehead atoms. The number of nitrogens with one attached hydrogen (secondary N) is 2. The van der Waals surface area contributed by atoms with E-state index in [2.05, 4.69) is 15.6 Å². The van der Waals surface area contributed by atoms with Gasteiger partial charge in [0.1, 0.15) is 0 Å². The number of carbonyl (C=O) groups is 2. The molecule has 2 aromatic carbocycles. The Morgan fingerprint density at radius 1 is 1.00 bits per heavy atom. The maximum atomic E-state index is 11.7. The highest BCUT2D eigenvalue weighted by molar-refractivity contribution is 7.14. The lowest BCUT2D eigenvalue weighted by Crippen LogP contribution is -2.13. The van der Waals surface area contributed by atoms with Gasteiger partial charge in [0.25, 0.3) is 0 Å². The van der Waals surface area contributed by atoms with Gasteiger partial charge in [-0.05, 0) is 36.4 Å². The van der Waals surface area contributed by atoms with Crippen molar-refractivity contribution in [3.8, 4) is 11.3 Å². The molecule has 3 aromatic rings. The van der Waals surface area contributed by atoms with E-state index < -0.39 is 5.97 Å². The minimum absolute atomic E-state index is 0.0527. The van der Waals surface area contributed by atoms with Gasteiger partial charge in [0.2, 0.25) is 5.91 Å². The third kappa shape index (κ3) is 5.54. The number of thiazole rings is 1. The Bertz CT molecular complexity index is 940. The van der Waals surface area contributed by atoms with Gasteiger partial charge in [-0.15, -0.1) is 11.3 Å². The first-order chi connectivity index (χ1) is 13.0. The van der Waals surface area contributed by atoms with Gasteiger partial charge in [0.05, 0.1) is 12.1 Å². The topological polar surface area (TPSA) is 91.3 Å². The van der Waals surface area contributed by atoms with Crippen molar-refractivity contribution in [1.82, 2.24) is 4.98 Å². The van der Waals surface area contributed by atoms with E-state index in [1.165, 1.54) is 11.3 Å². The van der Waals surface area contributed by atoms with Crippen molar-refractivity contribution in [3.05, 3.63) is 58.9 Å². The lowest BCUT2D eigenvalue weighted by atomic mass is 10.1. The van der Waals surface area contributed by atoms with Gasteiger partial charge < -0.3 is 15.7 Å². The monoisotopic (exact) mass is 401 g/mol. The van der Waals surface area contributed by atoms with Crippen LogP contribution in [0.2, 0.25) is 5.02 Å². The van der Waals surface area contributed by atoms with Crippen LogP contribution in [0.3, 0.4) is 0 Å². The van der Waals surface area contributed by atoms with E-state index in [-0.39, 0.29) is 18.7 Å². The number of carbonyl (C=O) groups excluding carboxylic acids is 1. The van der Waals surface area contributed by atoms with E-state index in [1.54, 1.807) is 12.1 Å². The van der Waals surface area contributed by atoms with Crippen LogP contribution in [0.5, 0.6) is 0 Å². The summed E-state index contributed by atoms with van der Waals surface area (Å²) in [5, 5.41) is 17.9. The number of rotatable bonds is 7. The van der Waals surface area contributed by atoms with Gasteiger partial charge >= 0.3 is 5.97 Å². The zero-order valence-electron chi connectivity index (χ0n) is 14.1. The summed E-state index contributed by atoms with van der Waals surface area (Å²) >= 11 is 7.37. The minimum atomic E-state index is -0.993. The number of aromatic nitrogens is 1. The Kier molecular flexibility index (Phi) is 6.05. The van der Waals surface area contributed by atoms with Crippen molar-refractivity contribution in [1.29, 1.82) is 0 Å². The molecule has 3 N–H and O–H groups in total. The maximum absolute atomic E-state index is 11.7. The van der Waals surface area contributed by atoms with Gasteiger partial charge in [-0.2, -0.15) is 0 Å². The van der Waals surface area contributed by atoms with Crippen LogP contribution in [-0.2, 0) is 9.59 Å². The smallest absolute Gasteiger partial charge is 0.303 e. The second-order valence-corrected chi connectivity index (χ2v) is 6.98. The average molecular weight is 402 g/mol. The fourth-order valence-corrected chi connectivity index (χ4v) is 3.15. The quantitative estimate of drug-likeness (QED) is 0.517. The molecule has 8 heteroatoms. The second-order valence-electron chi connectivity index (χ2n) is 5.69. The first kappa shape index (κ1) is 18.9. The second kappa shape index (κ2) is 8.66. The van der Waals surface area contributed by atoms with E-state index >= 15 is 0 Å². The van der Waals surface area contributed by atoms with E-state index in [4.69, 9.17) is 16.7 Å². The third-order valence-corrected chi connectivity index (χ3v) is 4.64. The number of nitrogens with zero attached hydrogens (tertiary/aromatic N) is 1. The fraction of sp³-hybridized carbons (Fsp3) is 0.105. The molecule has 6 nitrogen and oxygen atoms in total. The summed E-state index contributed by atoms with van der Waals surface area (Å²) in [6.07, 6.45) is -0.241. The Balaban J connectivity index is 1.62. The minimum Gasteiger partial charge on any atom is -0.481 e. The maximum Gasteiger partial charge on any atom is 0.303 e. The van der Waals surface area contributed by atoms with E-state index in [9.17, 15) is 9.59 Å². The van der Waals surface area contributed by atoms with Crippen LogP contribution >= 0.6 is 22.9 Å². The molecule has 0 aliphatic rings. The Morgan fingerprint density at radius 3 is 2.33 bits per heavy atom. The first-order valence-electron chi connectivity index (χ1n) is 8.10. The zero-order chi connectivity index (χ0) is 19.2. The SMILES string of the molecule is O=C(O)CCC(=O)Nc1ccc(-c2csc(Nc3ccc(Cl)cc3)n2)cc1. The van der Waals surface area contributed by atoms with Crippen LogP contribution < -0.4 is 10.6 Å². The molecule has 0 spiro atoms. The number of aliphatic carboxylic acids is 1. The van der Waals surface area contributed by atoms with Crippen molar-refractivity contribution in [2.45, 2.75) is 12.8 Å². The number of hydrogen-bond donors (Lipinski definition) is 3. The molecular formula is C19H16ClN3O3S. The molecule has 138 valence electrons. The first-order valence-corrected chi connectivity index (χ1v) is 9.35. The van der Waals surface area contributed by atoms with Crippen molar-refractivity contribution < 1.29 is 14.7 Å². The van der Waals surface area contributed by atoms with Crippen LogP contribution in [-0.4, -0.2) is 22.0 Å². The van der Waals surface area contributed by atoms with Crippen molar-refractivity contribution in [2.24, 2.45) is 0 Å². The van der Waals surface area contributed by atoms with Crippen LogP contribution in [0.15, 0.2) is 53.9 Å². The van der Waals surface area contributed by atoms with Gasteiger partial charge in [0, 0.05) is 33.8 Å². The normalized spacial score (nSPS) is 10.4.